The van der Waals surface area contributed by atoms with E-state index in [4.69, 9.17) is 4.74 Å². The van der Waals surface area contributed by atoms with Crippen LogP contribution in [0.5, 0.6) is 0 Å². The fraction of sp³-hybridized carbons (Fsp3) is 0.304. The number of rotatable bonds is 5. The van der Waals surface area contributed by atoms with E-state index < -0.39 is 17.8 Å². The molecule has 2 aromatic rings. The Kier molecular flexibility index (Phi) is 5.75. The number of carbonyl (C=O) groups excluding carboxylic acids is 2. The standard InChI is InChI=1S/C23H24O4/c1-3-27-23(26)22-20(25)13-18(16-7-5-4-6-8-16)19(14-24)21(22)17-11-9-15(2)10-12-17/h4-12,14,18-19,21,25H,3,13H2,1-2H3/t18-,19+,21-/m1/s1. The second-order valence-corrected chi connectivity index (χ2v) is 6.90. The van der Waals surface area contributed by atoms with E-state index in [2.05, 4.69) is 0 Å². The van der Waals surface area contributed by atoms with E-state index in [1.54, 1.807) is 6.92 Å². The number of carbonyl (C=O) groups is 2. The summed E-state index contributed by atoms with van der Waals surface area (Å²) in [6.07, 6.45) is 1.15. The van der Waals surface area contributed by atoms with E-state index in [1.807, 2.05) is 61.5 Å². The summed E-state index contributed by atoms with van der Waals surface area (Å²) in [7, 11) is 0. The maximum absolute atomic E-state index is 12.6. The molecule has 0 aliphatic heterocycles. The van der Waals surface area contributed by atoms with Gasteiger partial charge in [0.25, 0.3) is 0 Å². The van der Waals surface area contributed by atoms with Crippen molar-refractivity contribution in [2.75, 3.05) is 6.61 Å². The number of aliphatic hydroxyl groups excluding tert-OH is 1. The SMILES string of the molecule is CCOC(=O)C1=C(O)C[C@H](c2ccccc2)[C@H](C=O)[C@H]1c1ccc(C)cc1. The van der Waals surface area contributed by atoms with Crippen LogP contribution in [0.4, 0.5) is 0 Å². The third kappa shape index (κ3) is 3.80. The Morgan fingerprint density at radius 3 is 2.37 bits per heavy atom. The van der Waals surface area contributed by atoms with Gasteiger partial charge in [0, 0.05) is 24.2 Å². The summed E-state index contributed by atoms with van der Waals surface area (Å²) >= 11 is 0. The molecule has 0 unspecified atom stereocenters. The number of aldehydes is 1. The molecule has 4 nitrogen and oxygen atoms in total. The topological polar surface area (TPSA) is 63.6 Å². The number of hydrogen-bond acceptors (Lipinski definition) is 4. The number of allylic oxidation sites excluding steroid dienone is 1. The average molecular weight is 364 g/mol. The highest BCUT2D eigenvalue weighted by Crippen LogP contribution is 2.47. The molecule has 0 radical (unpaired) electrons. The zero-order valence-corrected chi connectivity index (χ0v) is 15.6. The molecule has 1 aliphatic rings. The molecular weight excluding hydrogens is 340 g/mol. The molecule has 0 saturated heterocycles. The van der Waals surface area contributed by atoms with Gasteiger partial charge in [-0.2, -0.15) is 0 Å². The molecule has 4 heteroatoms. The van der Waals surface area contributed by atoms with E-state index in [-0.39, 0.29) is 30.3 Å². The maximum atomic E-state index is 12.6. The van der Waals surface area contributed by atoms with Gasteiger partial charge in [0.15, 0.2) is 0 Å². The van der Waals surface area contributed by atoms with Crippen molar-refractivity contribution < 1.29 is 19.4 Å². The van der Waals surface area contributed by atoms with Crippen LogP contribution < -0.4 is 0 Å². The Morgan fingerprint density at radius 2 is 1.78 bits per heavy atom. The molecule has 0 fully saturated rings. The highest BCUT2D eigenvalue weighted by atomic mass is 16.5. The molecule has 140 valence electrons. The molecule has 0 bridgehead atoms. The van der Waals surface area contributed by atoms with E-state index >= 15 is 0 Å². The summed E-state index contributed by atoms with van der Waals surface area (Å²) in [5.74, 6) is -1.76. The van der Waals surface area contributed by atoms with Crippen molar-refractivity contribution in [1.29, 1.82) is 0 Å². The summed E-state index contributed by atoms with van der Waals surface area (Å²) in [4.78, 5) is 24.8. The van der Waals surface area contributed by atoms with Gasteiger partial charge in [0.05, 0.1) is 12.2 Å². The monoisotopic (exact) mass is 364 g/mol. The van der Waals surface area contributed by atoms with E-state index in [9.17, 15) is 14.7 Å². The third-order valence-electron chi connectivity index (χ3n) is 5.20. The number of aliphatic hydroxyl groups is 1. The minimum atomic E-state index is -0.557. The lowest BCUT2D eigenvalue weighted by Gasteiger charge is -2.36. The smallest absolute Gasteiger partial charge is 0.338 e. The summed E-state index contributed by atoms with van der Waals surface area (Å²) < 4.78 is 5.19. The van der Waals surface area contributed by atoms with E-state index in [0.29, 0.717) is 0 Å². The summed E-state index contributed by atoms with van der Waals surface area (Å²) in [5, 5.41) is 10.8. The van der Waals surface area contributed by atoms with Gasteiger partial charge in [-0.1, -0.05) is 60.2 Å². The van der Waals surface area contributed by atoms with Crippen LogP contribution in [0.1, 0.15) is 41.9 Å². The van der Waals surface area contributed by atoms with Crippen molar-refractivity contribution in [3.05, 3.63) is 82.6 Å². The van der Waals surface area contributed by atoms with Crippen LogP contribution in [0.2, 0.25) is 0 Å². The third-order valence-corrected chi connectivity index (χ3v) is 5.20. The van der Waals surface area contributed by atoms with Crippen molar-refractivity contribution in [3.8, 4) is 0 Å². The molecule has 0 heterocycles. The van der Waals surface area contributed by atoms with E-state index in [0.717, 1.165) is 23.0 Å². The lowest BCUT2D eigenvalue weighted by Crippen LogP contribution is -2.33. The molecular formula is C23H24O4. The molecule has 0 aromatic heterocycles. The molecule has 1 N–H and O–H groups in total. The highest BCUT2D eigenvalue weighted by molar-refractivity contribution is 5.92. The summed E-state index contributed by atoms with van der Waals surface area (Å²) in [6, 6.07) is 17.4. The largest absolute Gasteiger partial charge is 0.512 e. The lowest BCUT2D eigenvalue weighted by atomic mass is 9.67. The predicted octanol–water partition coefficient (Wildman–Crippen LogP) is 4.46. The first-order valence-corrected chi connectivity index (χ1v) is 9.22. The fourth-order valence-corrected chi connectivity index (χ4v) is 3.89. The van der Waals surface area contributed by atoms with Gasteiger partial charge in [-0.15, -0.1) is 0 Å². The molecule has 0 amide bonds. The summed E-state index contributed by atoms with van der Waals surface area (Å²) in [5.41, 5.74) is 3.08. The maximum Gasteiger partial charge on any atom is 0.338 e. The van der Waals surface area contributed by atoms with Crippen LogP contribution in [0.3, 0.4) is 0 Å². The van der Waals surface area contributed by atoms with Gasteiger partial charge >= 0.3 is 5.97 Å². The van der Waals surface area contributed by atoms with Gasteiger partial charge in [0.1, 0.15) is 12.0 Å². The molecule has 3 rings (SSSR count). The van der Waals surface area contributed by atoms with Crippen molar-refractivity contribution in [3.63, 3.8) is 0 Å². The minimum Gasteiger partial charge on any atom is -0.512 e. The van der Waals surface area contributed by atoms with Crippen LogP contribution in [-0.2, 0) is 14.3 Å². The van der Waals surface area contributed by atoms with Crippen LogP contribution in [0, 0.1) is 12.8 Å². The normalized spacial score (nSPS) is 22.4. The highest BCUT2D eigenvalue weighted by Gasteiger charge is 2.43. The first kappa shape index (κ1) is 18.9. The molecule has 0 spiro atoms. The lowest BCUT2D eigenvalue weighted by molar-refractivity contribution is -0.139. The number of ether oxygens (including phenoxy) is 1. The van der Waals surface area contributed by atoms with E-state index in [1.165, 1.54) is 0 Å². The number of esters is 1. The first-order chi connectivity index (χ1) is 13.1. The van der Waals surface area contributed by atoms with Gasteiger partial charge < -0.3 is 14.6 Å². The number of hydrogen-bond donors (Lipinski definition) is 1. The Bertz CT molecular complexity index is 836. The quantitative estimate of drug-likeness (QED) is 0.629. The average Bonchev–Trinajstić information content (AvgIpc) is 2.68. The number of aryl methyl sites for hydroxylation is 1. The van der Waals surface area contributed by atoms with Crippen molar-refractivity contribution >= 4 is 12.3 Å². The van der Waals surface area contributed by atoms with Crippen molar-refractivity contribution in [2.24, 2.45) is 5.92 Å². The zero-order valence-electron chi connectivity index (χ0n) is 15.6. The Morgan fingerprint density at radius 1 is 1.11 bits per heavy atom. The first-order valence-electron chi connectivity index (χ1n) is 9.22. The molecule has 0 saturated carbocycles. The van der Waals surface area contributed by atoms with Crippen molar-refractivity contribution in [2.45, 2.75) is 32.1 Å². The van der Waals surface area contributed by atoms with Gasteiger partial charge in [0.2, 0.25) is 0 Å². The van der Waals surface area contributed by atoms with Crippen LogP contribution in [-0.4, -0.2) is 24.0 Å². The molecule has 2 aromatic carbocycles. The molecule has 1 aliphatic carbocycles. The fourth-order valence-electron chi connectivity index (χ4n) is 3.89. The number of benzene rings is 2. The van der Waals surface area contributed by atoms with Crippen LogP contribution in [0.15, 0.2) is 65.9 Å². The Balaban J connectivity index is 2.14. The second-order valence-electron chi connectivity index (χ2n) is 6.90. The predicted molar refractivity (Wildman–Crippen MR) is 104 cm³/mol. The second kappa shape index (κ2) is 8.21. The van der Waals surface area contributed by atoms with Crippen molar-refractivity contribution in [1.82, 2.24) is 0 Å². The minimum absolute atomic E-state index is 0.00554. The van der Waals surface area contributed by atoms with Crippen LogP contribution >= 0.6 is 0 Å². The van der Waals surface area contributed by atoms with Gasteiger partial charge in [-0.25, -0.2) is 4.79 Å². The molecule has 27 heavy (non-hydrogen) atoms. The Hall–Kier alpha value is -2.88. The summed E-state index contributed by atoms with van der Waals surface area (Å²) in [6.45, 7) is 3.92. The zero-order chi connectivity index (χ0) is 19.4. The van der Waals surface area contributed by atoms with Gasteiger partial charge in [-0.05, 0) is 25.0 Å². The molecule has 3 atom stereocenters. The van der Waals surface area contributed by atoms with Gasteiger partial charge in [-0.3, -0.25) is 0 Å². The van der Waals surface area contributed by atoms with Crippen LogP contribution in [0.25, 0.3) is 0 Å². The Labute approximate surface area is 159 Å².